The highest BCUT2D eigenvalue weighted by atomic mass is 127. The molecular weight excluding hydrogens is 527 g/mol. The van der Waals surface area contributed by atoms with Gasteiger partial charge in [-0.2, -0.15) is 0 Å². The van der Waals surface area contributed by atoms with Crippen LogP contribution in [0.5, 0.6) is 0 Å². The molecule has 1 saturated heterocycles. The molecule has 0 amide bonds. The first-order chi connectivity index (χ1) is 14.1. The molecule has 1 fully saturated rings. The summed E-state index contributed by atoms with van der Waals surface area (Å²) in [4.78, 5) is 17.8. The van der Waals surface area contributed by atoms with Gasteiger partial charge < -0.3 is 10.6 Å². The fourth-order valence-electron chi connectivity index (χ4n) is 3.50. The number of hydrogen-bond acceptors (Lipinski definition) is 6. The monoisotopic (exact) mass is 562 g/mol. The number of guanidine groups is 1. The zero-order valence-electron chi connectivity index (χ0n) is 18.5. The normalized spacial score (nSPS) is 15.8. The number of thiazole rings is 2. The summed E-state index contributed by atoms with van der Waals surface area (Å²) in [5, 5.41) is 11.5. The summed E-state index contributed by atoms with van der Waals surface area (Å²) in [5.74, 6) is 1.59. The first kappa shape index (κ1) is 25.5. The van der Waals surface area contributed by atoms with Gasteiger partial charge in [0.05, 0.1) is 22.9 Å². The summed E-state index contributed by atoms with van der Waals surface area (Å²) in [7, 11) is 0. The van der Waals surface area contributed by atoms with E-state index in [0.717, 1.165) is 55.8 Å². The molecule has 0 saturated carbocycles. The number of nitrogens with one attached hydrogen (secondary N) is 2. The van der Waals surface area contributed by atoms with Crippen LogP contribution in [0.15, 0.2) is 10.4 Å². The van der Waals surface area contributed by atoms with Gasteiger partial charge in [-0.1, -0.05) is 6.92 Å². The zero-order valence-corrected chi connectivity index (χ0v) is 22.5. The van der Waals surface area contributed by atoms with Crippen LogP contribution in [0.25, 0.3) is 0 Å². The number of likely N-dealkylation sites (tertiary alicyclic amines) is 1. The Balaban J connectivity index is 0.00000320. The molecule has 0 radical (unpaired) electrons. The molecule has 0 aromatic carbocycles. The molecule has 0 aliphatic carbocycles. The average molecular weight is 563 g/mol. The van der Waals surface area contributed by atoms with Gasteiger partial charge in [-0.25, -0.2) is 15.0 Å². The van der Waals surface area contributed by atoms with Crippen LogP contribution >= 0.6 is 46.7 Å². The minimum absolute atomic E-state index is 0. The SMILES string of the molecule is CCNC(=NCc1nc(C)c(C)s1)NCC1CCN(Cc2csc(CC)n2)CC1.I. The summed E-state index contributed by atoms with van der Waals surface area (Å²) in [6.45, 7) is 14.2. The van der Waals surface area contributed by atoms with E-state index in [0.29, 0.717) is 12.5 Å². The maximum Gasteiger partial charge on any atom is 0.191 e. The molecule has 0 unspecified atom stereocenters. The highest BCUT2D eigenvalue weighted by Crippen LogP contribution is 2.20. The highest BCUT2D eigenvalue weighted by molar-refractivity contribution is 14.0. The molecule has 0 bridgehead atoms. The molecule has 168 valence electrons. The number of aromatic nitrogens is 2. The van der Waals surface area contributed by atoms with E-state index in [2.05, 4.69) is 53.6 Å². The number of halogens is 1. The molecule has 1 aliphatic rings. The Morgan fingerprint density at radius 2 is 1.93 bits per heavy atom. The second kappa shape index (κ2) is 12.9. The molecule has 30 heavy (non-hydrogen) atoms. The average Bonchev–Trinajstić information content (AvgIpc) is 3.31. The van der Waals surface area contributed by atoms with Crippen molar-refractivity contribution >= 4 is 52.6 Å². The van der Waals surface area contributed by atoms with Crippen LogP contribution in [-0.2, 0) is 19.5 Å². The van der Waals surface area contributed by atoms with E-state index < -0.39 is 0 Å². The predicted octanol–water partition coefficient (Wildman–Crippen LogP) is 4.36. The molecule has 3 heterocycles. The van der Waals surface area contributed by atoms with Crippen LogP contribution < -0.4 is 10.6 Å². The topological polar surface area (TPSA) is 65.4 Å². The van der Waals surface area contributed by atoms with Crippen molar-refractivity contribution in [2.24, 2.45) is 10.9 Å². The van der Waals surface area contributed by atoms with E-state index in [1.807, 2.05) is 0 Å². The predicted molar refractivity (Wildman–Crippen MR) is 139 cm³/mol. The summed E-state index contributed by atoms with van der Waals surface area (Å²) in [6, 6.07) is 0. The number of aliphatic imine (C=N–C) groups is 1. The standard InChI is InChI=1S/C21H34N6S2.HI/c1-5-19-26-18(14-28-19)13-27-9-7-17(8-10-27)11-23-21(22-6-2)24-12-20-25-15(3)16(4)29-20;/h14,17H,5-13H2,1-4H3,(H2,22,23,24);1H. The minimum Gasteiger partial charge on any atom is -0.357 e. The molecule has 2 aromatic heterocycles. The van der Waals surface area contributed by atoms with Crippen molar-refractivity contribution in [3.05, 3.63) is 31.7 Å². The fraction of sp³-hybridized carbons (Fsp3) is 0.667. The lowest BCUT2D eigenvalue weighted by Gasteiger charge is -2.31. The third kappa shape index (κ3) is 7.72. The van der Waals surface area contributed by atoms with Crippen molar-refractivity contribution < 1.29 is 0 Å². The summed E-state index contributed by atoms with van der Waals surface area (Å²) in [6.07, 6.45) is 3.49. The maximum atomic E-state index is 4.73. The molecular formula is C21H35IN6S2. The van der Waals surface area contributed by atoms with Crippen LogP contribution in [0, 0.1) is 19.8 Å². The van der Waals surface area contributed by atoms with Gasteiger partial charge in [0, 0.05) is 29.9 Å². The van der Waals surface area contributed by atoms with Crippen molar-refractivity contribution in [3.63, 3.8) is 0 Å². The van der Waals surface area contributed by atoms with Crippen molar-refractivity contribution in [1.29, 1.82) is 0 Å². The van der Waals surface area contributed by atoms with Crippen molar-refractivity contribution in [3.8, 4) is 0 Å². The van der Waals surface area contributed by atoms with E-state index >= 15 is 0 Å². The lowest BCUT2D eigenvalue weighted by Crippen LogP contribution is -2.42. The molecule has 9 heteroatoms. The van der Waals surface area contributed by atoms with Gasteiger partial charge in [-0.3, -0.25) is 4.90 Å². The molecule has 1 aliphatic heterocycles. The second-order valence-electron chi connectivity index (χ2n) is 7.63. The van der Waals surface area contributed by atoms with E-state index in [1.54, 1.807) is 22.7 Å². The van der Waals surface area contributed by atoms with Crippen LogP contribution in [0.2, 0.25) is 0 Å². The zero-order chi connectivity index (χ0) is 20.6. The second-order valence-corrected chi connectivity index (χ2v) is 9.86. The van der Waals surface area contributed by atoms with Crippen molar-refractivity contribution in [2.75, 3.05) is 26.2 Å². The lowest BCUT2D eigenvalue weighted by atomic mass is 9.97. The molecule has 3 rings (SSSR count). The third-order valence-corrected chi connectivity index (χ3v) is 7.44. The molecule has 0 atom stereocenters. The Hall–Kier alpha value is -0.780. The summed E-state index contributed by atoms with van der Waals surface area (Å²) >= 11 is 3.53. The Labute approximate surface area is 206 Å². The van der Waals surface area contributed by atoms with Gasteiger partial charge in [-0.15, -0.1) is 46.7 Å². The third-order valence-electron chi connectivity index (χ3n) is 5.34. The van der Waals surface area contributed by atoms with Crippen molar-refractivity contribution in [2.45, 2.75) is 60.0 Å². The Morgan fingerprint density at radius 3 is 2.53 bits per heavy atom. The van der Waals surface area contributed by atoms with E-state index in [1.165, 1.54) is 28.4 Å². The Morgan fingerprint density at radius 1 is 1.17 bits per heavy atom. The number of piperidine rings is 1. The molecule has 0 spiro atoms. The quantitative estimate of drug-likeness (QED) is 0.284. The van der Waals surface area contributed by atoms with Gasteiger partial charge in [-0.05, 0) is 59.0 Å². The Bertz CT molecular complexity index is 776. The maximum absolute atomic E-state index is 4.73. The minimum atomic E-state index is 0. The number of aryl methyl sites for hydroxylation is 3. The van der Waals surface area contributed by atoms with Crippen LogP contribution in [0.1, 0.15) is 53.0 Å². The molecule has 2 N–H and O–H groups in total. The number of nitrogens with zero attached hydrogens (tertiary/aromatic N) is 4. The van der Waals surface area contributed by atoms with E-state index in [4.69, 9.17) is 9.98 Å². The van der Waals surface area contributed by atoms with E-state index in [9.17, 15) is 0 Å². The molecule has 2 aromatic rings. The van der Waals surface area contributed by atoms with Crippen LogP contribution in [0.3, 0.4) is 0 Å². The summed E-state index contributed by atoms with van der Waals surface area (Å²) in [5.41, 5.74) is 2.35. The van der Waals surface area contributed by atoms with Gasteiger partial charge >= 0.3 is 0 Å². The number of hydrogen-bond donors (Lipinski definition) is 2. The van der Waals surface area contributed by atoms with Gasteiger partial charge in [0.1, 0.15) is 5.01 Å². The van der Waals surface area contributed by atoms with Gasteiger partial charge in [0.25, 0.3) is 0 Å². The summed E-state index contributed by atoms with van der Waals surface area (Å²) < 4.78 is 0. The van der Waals surface area contributed by atoms with Crippen molar-refractivity contribution in [1.82, 2.24) is 25.5 Å². The Kier molecular flexibility index (Phi) is 11.0. The highest BCUT2D eigenvalue weighted by Gasteiger charge is 2.20. The van der Waals surface area contributed by atoms with Gasteiger partial charge in [0.15, 0.2) is 5.96 Å². The van der Waals surface area contributed by atoms with Gasteiger partial charge in [0.2, 0.25) is 0 Å². The largest absolute Gasteiger partial charge is 0.357 e. The number of rotatable bonds is 8. The smallest absolute Gasteiger partial charge is 0.191 e. The van der Waals surface area contributed by atoms with Crippen LogP contribution in [0.4, 0.5) is 0 Å². The van der Waals surface area contributed by atoms with Crippen LogP contribution in [-0.4, -0.2) is 47.0 Å². The molecule has 6 nitrogen and oxygen atoms in total. The fourth-order valence-corrected chi connectivity index (χ4v) is 5.09. The lowest BCUT2D eigenvalue weighted by molar-refractivity contribution is 0.176. The first-order valence-corrected chi connectivity index (χ1v) is 12.4. The van der Waals surface area contributed by atoms with E-state index in [-0.39, 0.29) is 24.0 Å². The first-order valence-electron chi connectivity index (χ1n) is 10.7.